The molecule has 0 bridgehead atoms. The van der Waals surface area contributed by atoms with Crippen LogP contribution >= 0.6 is 0 Å². The van der Waals surface area contributed by atoms with Crippen molar-refractivity contribution in [2.24, 2.45) is 16.5 Å². The first-order chi connectivity index (χ1) is 7.17. The molecule has 0 atom stereocenters. The second-order valence-corrected chi connectivity index (χ2v) is 2.87. The van der Waals surface area contributed by atoms with Crippen LogP contribution in [0.15, 0.2) is 29.3 Å². The fourth-order valence-electron chi connectivity index (χ4n) is 1.02. The summed E-state index contributed by atoms with van der Waals surface area (Å²) in [6.45, 7) is 0.467. The smallest absolute Gasteiger partial charge is 0.435 e. The zero-order chi connectivity index (χ0) is 11.3. The minimum absolute atomic E-state index is 0.130. The van der Waals surface area contributed by atoms with Crippen LogP contribution in [0.5, 0.6) is 0 Å². The van der Waals surface area contributed by atoms with E-state index in [1.54, 1.807) is 12.1 Å². The molecule has 4 N–H and O–H groups in total. The summed E-state index contributed by atoms with van der Waals surface area (Å²) in [4.78, 5) is 14.3. The summed E-state index contributed by atoms with van der Waals surface area (Å²) in [6, 6.07) is 7.16. The molecule has 1 rings (SSSR count). The van der Waals surface area contributed by atoms with Gasteiger partial charge in [-0.25, -0.2) is 4.79 Å². The van der Waals surface area contributed by atoms with Crippen molar-refractivity contribution in [3.05, 3.63) is 35.4 Å². The summed E-state index contributed by atoms with van der Waals surface area (Å²) in [5, 5.41) is 0. The standard InChI is InChI=1S/C10H13N3O2/c1-15-10(14)13-9(12)8-4-2-7(6-11)3-5-8/h2-5H,6,11H2,1H3,(H2,12,13,14). The van der Waals surface area contributed by atoms with Gasteiger partial charge in [0.15, 0.2) is 0 Å². The number of ether oxygens (including phenoxy) is 1. The highest BCUT2D eigenvalue weighted by Gasteiger charge is 2.02. The van der Waals surface area contributed by atoms with Crippen LogP contribution in [0.2, 0.25) is 0 Å². The quantitative estimate of drug-likeness (QED) is 0.549. The van der Waals surface area contributed by atoms with Gasteiger partial charge < -0.3 is 16.2 Å². The Hall–Kier alpha value is -1.88. The molecule has 1 aromatic carbocycles. The normalized spacial score (nSPS) is 11.2. The summed E-state index contributed by atoms with van der Waals surface area (Å²) in [5.74, 6) is 0.130. The molecule has 0 aliphatic carbocycles. The number of carbonyl (C=O) groups excluding carboxylic acids is 1. The van der Waals surface area contributed by atoms with Crippen molar-refractivity contribution in [3.63, 3.8) is 0 Å². The number of methoxy groups -OCH3 is 1. The van der Waals surface area contributed by atoms with Crippen LogP contribution in [0.4, 0.5) is 4.79 Å². The minimum Gasteiger partial charge on any atom is -0.451 e. The SMILES string of the molecule is COC(=O)/N=C(\N)c1ccc(CN)cc1. The lowest BCUT2D eigenvalue weighted by molar-refractivity contribution is 0.182. The van der Waals surface area contributed by atoms with Gasteiger partial charge in [-0.15, -0.1) is 0 Å². The van der Waals surface area contributed by atoms with E-state index in [4.69, 9.17) is 11.5 Å². The Kier molecular flexibility index (Phi) is 3.82. The summed E-state index contributed by atoms with van der Waals surface area (Å²) >= 11 is 0. The average molecular weight is 207 g/mol. The van der Waals surface area contributed by atoms with Crippen molar-refractivity contribution in [2.45, 2.75) is 6.54 Å². The fourth-order valence-corrected chi connectivity index (χ4v) is 1.02. The zero-order valence-corrected chi connectivity index (χ0v) is 8.43. The molecular formula is C10H13N3O2. The summed E-state index contributed by atoms with van der Waals surface area (Å²) in [6.07, 6.45) is -0.713. The Bertz CT molecular complexity index is 371. The predicted octanol–water partition coefficient (Wildman–Crippen LogP) is 0.617. The van der Waals surface area contributed by atoms with Crippen molar-refractivity contribution in [1.29, 1.82) is 0 Å². The molecule has 1 aromatic rings. The number of amidine groups is 1. The molecule has 0 spiro atoms. The van der Waals surface area contributed by atoms with Gasteiger partial charge in [-0.1, -0.05) is 24.3 Å². The highest BCUT2D eigenvalue weighted by molar-refractivity contribution is 6.02. The van der Waals surface area contributed by atoms with E-state index >= 15 is 0 Å². The third-order valence-corrected chi connectivity index (χ3v) is 1.87. The molecule has 0 aromatic heterocycles. The van der Waals surface area contributed by atoms with Crippen molar-refractivity contribution in [3.8, 4) is 0 Å². The van der Waals surface area contributed by atoms with Crippen LogP contribution in [0, 0.1) is 0 Å². The minimum atomic E-state index is -0.713. The van der Waals surface area contributed by atoms with Crippen LogP contribution < -0.4 is 11.5 Å². The number of hydrogen-bond acceptors (Lipinski definition) is 3. The van der Waals surface area contributed by atoms with Crippen LogP contribution in [0.25, 0.3) is 0 Å². The zero-order valence-electron chi connectivity index (χ0n) is 8.43. The summed E-state index contributed by atoms with van der Waals surface area (Å²) in [7, 11) is 1.25. The van der Waals surface area contributed by atoms with E-state index in [-0.39, 0.29) is 5.84 Å². The van der Waals surface area contributed by atoms with Crippen LogP contribution in [0.1, 0.15) is 11.1 Å². The van der Waals surface area contributed by atoms with Crippen LogP contribution in [-0.4, -0.2) is 19.0 Å². The second-order valence-electron chi connectivity index (χ2n) is 2.87. The maximum atomic E-state index is 10.8. The van der Waals surface area contributed by atoms with Gasteiger partial charge in [-0.05, 0) is 5.56 Å². The fraction of sp³-hybridized carbons (Fsp3) is 0.200. The van der Waals surface area contributed by atoms with Gasteiger partial charge in [-0.3, -0.25) is 0 Å². The number of carbonyl (C=O) groups is 1. The lowest BCUT2D eigenvalue weighted by Crippen LogP contribution is -2.15. The largest absolute Gasteiger partial charge is 0.451 e. The monoisotopic (exact) mass is 207 g/mol. The Morgan fingerprint density at radius 2 is 2.00 bits per heavy atom. The molecular weight excluding hydrogens is 194 g/mol. The molecule has 0 heterocycles. The molecule has 0 saturated carbocycles. The lowest BCUT2D eigenvalue weighted by Gasteiger charge is -2.01. The van der Waals surface area contributed by atoms with Crippen LogP contribution in [0.3, 0.4) is 0 Å². The first kappa shape index (κ1) is 11.2. The van der Waals surface area contributed by atoms with E-state index in [0.717, 1.165) is 5.56 Å². The molecule has 0 unspecified atom stereocenters. The van der Waals surface area contributed by atoms with E-state index in [0.29, 0.717) is 12.1 Å². The van der Waals surface area contributed by atoms with E-state index in [1.807, 2.05) is 12.1 Å². The maximum Gasteiger partial charge on any atom is 0.435 e. The highest BCUT2D eigenvalue weighted by atomic mass is 16.5. The van der Waals surface area contributed by atoms with Crippen molar-refractivity contribution < 1.29 is 9.53 Å². The molecule has 5 heteroatoms. The molecule has 1 amide bonds. The maximum absolute atomic E-state index is 10.8. The van der Waals surface area contributed by atoms with E-state index in [2.05, 4.69) is 9.73 Å². The van der Waals surface area contributed by atoms with Crippen molar-refractivity contribution >= 4 is 11.9 Å². The average Bonchev–Trinajstić information content (AvgIpc) is 2.29. The topological polar surface area (TPSA) is 90.7 Å². The number of nitrogens with two attached hydrogens (primary N) is 2. The van der Waals surface area contributed by atoms with E-state index < -0.39 is 6.09 Å². The third kappa shape index (κ3) is 3.07. The third-order valence-electron chi connectivity index (χ3n) is 1.87. The van der Waals surface area contributed by atoms with Crippen molar-refractivity contribution in [2.75, 3.05) is 7.11 Å². The Morgan fingerprint density at radius 1 is 1.40 bits per heavy atom. The number of aliphatic imine (C=N–C) groups is 1. The van der Waals surface area contributed by atoms with Crippen molar-refractivity contribution in [1.82, 2.24) is 0 Å². The summed E-state index contributed by atoms with van der Waals surface area (Å²) < 4.78 is 4.36. The number of amides is 1. The van der Waals surface area contributed by atoms with E-state index in [9.17, 15) is 4.79 Å². The van der Waals surface area contributed by atoms with Gasteiger partial charge in [0.2, 0.25) is 0 Å². The van der Waals surface area contributed by atoms with Gasteiger partial charge in [-0.2, -0.15) is 4.99 Å². The molecule has 80 valence electrons. The van der Waals surface area contributed by atoms with Gasteiger partial charge in [0.05, 0.1) is 7.11 Å². The van der Waals surface area contributed by atoms with Gasteiger partial charge in [0.25, 0.3) is 0 Å². The number of nitrogens with zero attached hydrogens (tertiary/aromatic N) is 1. The first-order valence-corrected chi connectivity index (χ1v) is 4.39. The molecule has 15 heavy (non-hydrogen) atoms. The molecule has 0 aliphatic heterocycles. The Morgan fingerprint density at radius 3 is 2.47 bits per heavy atom. The van der Waals surface area contributed by atoms with Crippen LogP contribution in [-0.2, 0) is 11.3 Å². The van der Waals surface area contributed by atoms with E-state index in [1.165, 1.54) is 7.11 Å². The summed E-state index contributed by atoms with van der Waals surface area (Å²) in [5.41, 5.74) is 12.7. The second kappa shape index (κ2) is 5.11. The first-order valence-electron chi connectivity index (χ1n) is 4.39. The number of rotatable bonds is 2. The number of benzene rings is 1. The number of hydrogen-bond donors (Lipinski definition) is 2. The van der Waals surface area contributed by atoms with Gasteiger partial charge in [0, 0.05) is 12.1 Å². The Balaban J connectivity index is 2.87. The van der Waals surface area contributed by atoms with Gasteiger partial charge >= 0.3 is 6.09 Å². The Labute approximate surface area is 87.7 Å². The molecule has 0 saturated heterocycles. The van der Waals surface area contributed by atoms with Gasteiger partial charge in [0.1, 0.15) is 5.84 Å². The highest BCUT2D eigenvalue weighted by Crippen LogP contribution is 2.03. The predicted molar refractivity (Wildman–Crippen MR) is 57.5 cm³/mol. The molecule has 0 aliphatic rings. The molecule has 5 nitrogen and oxygen atoms in total. The lowest BCUT2D eigenvalue weighted by atomic mass is 10.1. The molecule has 0 radical (unpaired) electrons. The molecule has 0 fully saturated rings.